The first kappa shape index (κ1) is 24.6. The molecule has 32 heavy (non-hydrogen) atoms. The van der Waals surface area contributed by atoms with Gasteiger partial charge in [-0.1, -0.05) is 23.7 Å². The first-order chi connectivity index (χ1) is 15.5. The van der Waals surface area contributed by atoms with Crippen LogP contribution in [0.3, 0.4) is 0 Å². The van der Waals surface area contributed by atoms with E-state index >= 15 is 0 Å². The molecule has 0 amide bonds. The number of ether oxygens (including phenoxy) is 2. The topological polar surface area (TPSA) is 37.0 Å². The highest BCUT2D eigenvalue weighted by molar-refractivity contribution is 7.80. The average molecular weight is 480 g/mol. The molecule has 0 bridgehead atoms. The van der Waals surface area contributed by atoms with Gasteiger partial charge in [0.05, 0.1) is 13.2 Å². The molecule has 5 nitrogen and oxygen atoms in total. The molecular formula is C24H31ClFN3O2S. The molecule has 0 aromatic heterocycles. The first-order valence-electron chi connectivity index (χ1n) is 11.1. The lowest BCUT2D eigenvalue weighted by Gasteiger charge is -2.36. The number of halogens is 2. The summed E-state index contributed by atoms with van der Waals surface area (Å²) in [5.74, 6) is 1.26. The van der Waals surface area contributed by atoms with Crippen molar-refractivity contribution in [2.45, 2.75) is 26.8 Å². The number of nitrogens with one attached hydrogen (secondary N) is 1. The molecule has 0 saturated carbocycles. The summed E-state index contributed by atoms with van der Waals surface area (Å²) in [6.45, 7) is 10.1. The zero-order valence-electron chi connectivity index (χ0n) is 18.7. The predicted octanol–water partition coefficient (Wildman–Crippen LogP) is 4.51. The molecule has 1 aliphatic rings. The standard InChI is InChI=1S/C24H31ClFN3O2S/c1-3-30-22-8-5-18(15-23(22)31-4-2)9-10-27-24(32)29-13-11-28(12-14-29)17-19-6-7-20(26)16-21(19)25/h5-8,15-16H,3-4,9-14,17H2,1-2H3,(H,27,32). The van der Waals surface area contributed by atoms with Crippen molar-refractivity contribution in [1.29, 1.82) is 0 Å². The van der Waals surface area contributed by atoms with Gasteiger partial charge in [0.2, 0.25) is 0 Å². The lowest BCUT2D eigenvalue weighted by atomic mass is 10.1. The molecule has 2 aromatic rings. The normalized spacial score (nSPS) is 14.3. The van der Waals surface area contributed by atoms with E-state index in [2.05, 4.69) is 21.2 Å². The summed E-state index contributed by atoms with van der Waals surface area (Å²) in [5.41, 5.74) is 2.12. The molecule has 1 heterocycles. The minimum atomic E-state index is -0.306. The van der Waals surface area contributed by atoms with Crippen molar-refractivity contribution in [2.24, 2.45) is 0 Å². The highest BCUT2D eigenvalue weighted by Gasteiger charge is 2.19. The third-order valence-corrected chi connectivity index (χ3v) is 6.12. The summed E-state index contributed by atoms with van der Waals surface area (Å²) in [7, 11) is 0. The van der Waals surface area contributed by atoms with E-state index in [1.54, 1.807) is 6.07 Å². The van der Waals surface area contributed by atoms with Crippen LogP contribution in [0.2, 0.25) is 5.02 Å². The molecule has 174 valence electrons. The molecule has 0 atom stereocenters. The summed E-state index contributed by atoms with van der Waals surface area (Å²) in [5, 5.41) is 4.63. The number of hydrogen-bond acceptors (Lipinski definition) is 4. The Balaban J connectivity index is 1.43. The Bertz CT molecular complexity index is 907. The summed E-state index contributed by atoms with van der Waals surface area (Å²) in [6.07, 6.45) is 0.843. The molecule has 1 aliphatic heterocycles. The Morgan fingerprint density at radius 1 is 1.03 bits per heavy atom. The second-order valence-corrected chi connectivity index (χ2v) is 8.42. The smallest absolute Gasteiger partial charge is 0.169 e. The summed E-state index contributed by atoms with van der Waals surface area (Å²) >= 11 is 11.8. The molecule has 0 radical (unpaired) electrons. The van der Waals surface area contributed by atoms with E-state index in [1.807, 2.05) is 26.0 Å². The second-order valence-electron chi connectivity index (χ2n) is 7.63. The molecule has 0 aliphatic carbocycles. The number of thiocarbonyl (C=S) groups is 1. The maximum absolute atomic E-state index is 13.2. The van der Waals surface area contributed by atoms with E-state index in [4.69, 9.17) is 33.3 Å². The van der Waals surface area contributed by atoms with Crippen molar-refractivity contribution in [2.75, 3.05) is 45.9 Å². The van der Waals surface area contributed by atoms with E-state index in [1.165, 1.54) is 17.7 Å². The minimum absolute atomic E-state index is 0.306. The van der Waals surface area contributed by atoms with Crippen LogP contribution in [0.4, 0.5) is 4.39 Å². The maximum Gasteiger partial charge on any atom is 0.169 e. The van der Waals surface area contributed by atoms with Gasteiger partial charge in [-0.25, -0.2) is 4.39 Å². The van der Waals surface area contributed by atoms with Crippen molar-refractivity contribution in [1.82, 2.24) is 15.1 Å². The number of benzene rings is 2. The number of rotatable bonds is 9. The van der Waals surface area contributed by atoms with Crippen molar-refractivity contribution in [3.63, 3.8) is 0 Å². The molecule has 1 fully saturated rings. The molecule has 1 saturated heterocycles. The molecule has 0 unspecified atom stereocenters. The highest BCUT2D eigenvalue weighted by atomic mass is 35.5. The second kappa shape index (κ2) is 12.2. The molecule has 1 N–H and O–H groups in total. The fourth-order valence-electron chi connectivity index (χ4n) is 3.68. The van der Waals surface area contributed by atoms with Gasteiger partial charge in [0.25, 0.3) is 0 Å². The van der Waals surface area contributed by atoms with Gasteiger partial charge in [-0.2, -0.15) is 0 Å². The number of piperazine rings is 1. The summed E-state index contributed by atoms with van der Waals surface area (Å²) in [6, 6.07) is 10.7. The van der Waals surface area contributed by atoms with Gasteiger partial charge < -0.3 is 19.7 Å². The third-order valence-electron chi connectivity index (χ3n) is 5.37. The molecule has 3 rings (SSSR count). The Hall–Kier alpha value is -2.09. The van der Waals surface area contributed by atoms with Crippen molar-refractivity contribution >= 4 is 28.9 Å². The van der Waals surface area contributed by atoms with Crippen LogP contribution >= 0.6 is 23.8 Å². The van der Waals surface area contributed by atoms with Crippen LogP contribution in [0.25, 0.3) is 0 Å². The molecule has 0 spiro atoms. The minimum Gasteiger partial charge on any atom is -0.490 e. The van der Waals surface area contributed by atoms with Crippen LogP contribution in [0, 0.1) is 5.82 Å². The third kappa shape index (κ3) is 6.95. The highest BCUT2D eigenvalue weighted by Crippen LogP contribution is 2.28. The number of hydrogen-bond donors (Lipinski definition) is 1. The molecule has 2 aromatic carbocycles. The van der Waals surface area contributed by atoms with E-state index < -0.39 is 0 Å². The van der Waals surface area contributed by atoms with Gasteiger partial charge in [-0.15, -0.1) is 0 Å². The maximum atomic E-state index is 13.2. The lowest BCUT2D eigenvalue weighted by molar-refractivity contribution is 0.174. The Morgan fingerprint density at radius 3 is 2.44 bits per heavy atom. The lowest BCUT2D eigenvalue weighted by Crippen LogP contribution is -2.51. The summed E-state index contributed by atoms with van der Waals surface area (Å²) < 4.78 is 24.6. The quantitative estimate of drug-likeness (QED) is 0.533. The van der Waals surface area contributed by atoms with Crippen molar-refractivity contribution in [3.8, 4) is 11.5 Å². The predicted molar refractivity (Wildman–Crippen MR) is 131 cm³/mol. The fourth-order valence-corrected chi connectivity index (χ4v) is 4.19. The molecule has 8 heteroatoms. The van der Waals surface area contributed by atoms with Gasteiger partial charge >= 0.3 is 0 Å². The fraction of sp³-hybridized carbons (Fsp3) is 0.458. The Kier molecular flexibility index (Phi) is 9.38. The Labute approximate surface area is 200 Å². The first-order valence-corrected chi connectivity index (χ1v) is 11.9. The van der Waals surface area contributed by atoms with E-state index in [0.717, 1.165) is 61.3 Å². The van der Waals surface area contributed by atoms with Crippen molar-refractivity contribution < 1.29 is 13.9 Å². The van der Waals surface area contributed by atoms with Crippen LogP contribution in [0.15, 0.2) is 36.4 Å². The van der Waals surface area contributed by atoms with Crippen LogP contribution in [0.1, 0.15) is 25.0 Å². The number of nitrogens with zero attached hydrogens (tertiary/aromatic N) is 2. The van der Waals surface area contributed by atoms with Crippen LogP contribution in [0.5, 0.6) is 11.5 Å². The van der Waals surface area contributed by atoms with Crippen molar-refractivity contribution in [3.05, 3.63) is 58.4 Å². The van der Waals surface area contributed by atoms with E-state index in [-0.39, 0.29) is 5.82 Å². The van der Waals surface area contributed by atoms with Crippen LogP contribution in [-0.4, -0.2) is 60.8 Å². The van der Waals surface area contributed by atoms with E-state index in [9.17, 15) is 4.39 Å². The summed E-state index contributed by atoms with van der Waals surface area (Å²) in [4.78, 5) is 4.51. The van der Waals surface area contributed by atoms with Gasteiger partial charge in [0.15, 0.2) is 16.6 Å². The van der Waals surface area contributed by atoms with Crippen LogP contribution in [-0.2, 0) is 13.0 Å². The molecular weight excluding hydrogens is 449 g/mol. The SMILES string of the molecule is CCOc1ccc(CCNC(=S)N2CCN(Cc3ccc(F)cc3Cl)CC2)cc1OCC. The largest absolute Gasteiger partial charge is 0.490 e. The van der Waals surface area contributed by atoms with E-state index in [0.29, 0.717) is 24.8 Å². The average Bonchev–Trinajstić information content (AvgIpc) is 2.78. The van der Waals surface area contributed by atoms with Gasteiger partial charge in [0.1, 0.15) is 5.82 Å². The monoisotopic (exact) mass is 479 g/mol. The van der Waals surface area contributed by atoms with Crippen LogP contribution < -0.4 is 14.8 Å². The zero-order valence-corrected chi connectivity index (χ0v) is 20.3. The zero-order chi connectivity index (χ0) is 22.9. The Morgan fingerprint density at radius 2 is 1.75 bits per heavy atom. The van der Waals surface area contributed by atoms with Gasteiger partial charge in [-0.3, -0.25) is 4.90 Å². The van der Waals surface area contributed by atoms with Gasteiger partial charge in [-0.05, 0) is 67.9 Å². The van der Waals surface area contributed by atoms with Gasteiger partial charge in [0, 0.05) is 44.3 Å².